The van der Waals surface area contributed by atoms with E-state index in [4.69, 9.17) is 4.74 Å². The molecule has 4 aromatic rings. The van der Waals surface area contributed by atoms with Crippen LogP contribution in [0, 0.1) is 5.92 Å². The number of hydrogen-bond acceptors (Lipinski definition) is 7. The van der Waals surface area contributed by atoms with Gasteiger partial charge in [-0.25, -0.2) is 14.2 Å². The number of likely N-dealkylation sites (tertiary alicyclic amines) is 1. The van der Waals surface area contributed by atoms with Gasteiger partial charge in [-0.2, -0.15) is 0 Å². The van der Waals surface area contributed by atoms with E-state index in [2.05, 4.69) is 20.6 Å². The van der Waals surface area contributed by atoms with E-state index in [0.29, 0.717) is 18.8 Å². The average Bonchev–Trinajstić information content (AvgIpc) is 3.59. The topological polar surface area (TPSA) is 108 Å². The lowest BCUT2D eigenvalue weighted by atomic mass is 9.99. The summed E-state index contributed by atoms with van der Waals surface area (Å²) in [6.45, 7) is 1.32. The van der Waals surface area contributed by atoms with Gasteiger partial charge in [0.1, 0.15) is 0 Å². The Hall–Kier alpha value is -4.34. The normalized spacial score (nSPS) is 15.8. The number of ether oxygens (including phenoxy) is 1. The van der Waals surface area contributed by atoms with E-state index < -0.39 is 5.97 Å². The predicted molar refractivity (Wildman–Crippen MR) is 122 cm³/mol. The number of esters is 1. The summed E-state index contributed by atoms with van der Waals surface area (Å²) in [5.41, 5.74) is 2.07. The molecule has 10 nitrogen and oxygen atoms in total. The van der Waals surface area contributed by atoms with E-state index in [1.54, 1.807) is 22.0 Å². The fourth-order valence-corrected chi connectivity index (χ4v) is 3.95. The molecule has 1 fully saturated rings. The lowest BCUT2D eigenvalue weighted by Gasteiger charge is -2.31. The summed E-state index contributed by atoms with van der Waals surface area (Å²) in [7, 11) is 0. The molecule has 0 unspecified atom stereocenters. The van der Waals surface area contributed by atoms with Gasteiger partial charge in [0.25, 0.3) is 5.91 Å². The standard InChI is InChI=1S/C24H23N7O3/c32-23(21-15-30(27-25-21)19-9-3-1-4-10-19)29-13-7-8-18(14-29)17-34-24(33)22-16-31(28-26-22)20-11-5-2-6-12-20/h1-6,9-12,15-16,18H,7-8,13-14,17H2/t18-/m0/s1. The first-order chi connectivity index (χ1) is 16.7. The second-order valence-corrected chi connectivity index (χ2v) is 8.13. The number of benzene rings is 2. The third-order valence-corrected chi connectivity index (χ3v) is 5.71. The number of carbonyl (C=O) groups excluding carboxylic acids is 2. The molecule has 1 atom stereocenters. The van der Waals surface area contributed by atoms with E-state index in [1.165, 1.54) is 4.68 Å². The maximum absolute atomic E-state index is 13.0. The average molecular weight is 457 g/mol. The summed E-state index contributed by atoms with van der Waals surface area (Å²) in [4.78, 5) is 27.2. The van der Waals surface area contributed by atoms with E-state index >= 15 is 0 Å². The molecule has 0 saturated carbocycles. The van der Waals surface area contributed by atoms with E-state index in [-0.39, 0.29) is 24.1 Å². The molecule has 1 aliphatic heterocycles. The molecule has 2 aromatic heterocycles. The Bertz CT molecular complexity index is 1270. The molecule has 2 aromatic carbocycles. The minimum Gasteiger partial charge on any atom is -0.461 e. The Morgan fingerprint density at radius 1 is 0.853 bits per heavy atom. The summed E-state index contributed by atoms with van der Waals surface area (Å²) in [5.74, 6) is -0.671. The molecule has 34 heavy (non-hydrogen) atoms. The van der Waals surface area contributed by atoms with E-state index in [1.807, 2.05) is 60.7 Å². The third kappa shape index (κ3) is 4.70. The second-order valence-electron chi connectivity index (χ2n) is 8.13. The smallest absolute Gasteiger partial charge is 0.360 e. The van der Waals surface area contributed by atoms with Gasteiger partial charge in [-0.05, 0) is 37.1 Å². The maximum Gasteiger partial charge on any atom is 0.360 e. The van der Waals surface area contributed by atoms with Crippen molar-refractivity contribution in [3.63, 3.8) is 0 Å². The largest absolute Gasteiger partial charge is 0.461 e. The van der Waals surface area contributed by atoms with E-state index in [0.717, 1.165) is 24.2 Å². The van der Waals surface area contributed by atoms with Crippen LogP contribution in [-0.4, -0.2) is 66.5 Å². The molecule has 1 saturated heterocycles. The first-order valence-corrected chi connectivity index (χ1v) is 11.1. The molecule has 0 aliphatic carbocycles. The summed E-state index contributed by atoms with van der Waals surface area (Å²) < 4.78 is 8.60. The number of amides is 1. The van der Waals surface area contributed by atoms with Crippen molar-refractivity contribution in [3.8, 4) is 11.4 Å². The first kappa shape index (κ1) is 21.5. The van der Waals surface area contributed by atoms with Crippen molar-refractivity contribution in [1.82, 2.24) is 34.9 Å². The van der Waals surface area contributed by atoms with Crippen molar-refractivity contribution in [3.05, 3.63) is 84.4 Å². The van der Waals surface area contributed by atoms with Crippen LogP contribution in [0.4, 0.5) is 0 Å². The van der Waals surface area contributed by atoms with Crippen LogP contribution < -0.4 is 0 Å². The molecule has 5 rings (SSSR count). The van der Waals surface area contributed by atoms with Crippen molar-refractivity contribution in [2.24, 2.45) is 5.92 Å². The van der Waals surface area contributed by atoms with Gasteiger partial charge < -0.3 is 9.64 Å². The van der Waals surface area contributed by atoms with Crippen LogP contribution >= 0.6 is 0 Å². The van der Waals surface area contributed by atoms with Crippen molar-refractivity contribution in [2.45, 2.75) is 12.8 Å². The second kappa shape index (κ2) is 9.65. The van der Waals surface area contributed by atoms with Crippen LogP contribution in [0.5, 0.6) is 0 Å². The zero-order valence-corrected chi connectivity index (χ0v) is 18.4. The number of nitrogens with zero attached hydrogens (tertiary/aromatic N) is 7. The summed E-state index contributed by atoms with van der Waals surface area (Å²) in [5, 5.41) is 16.0. The molecule has 172 valence electrons. The molecule has 10 heteroatoms. The van der Waals surface area contributed by atoms with Gasteiger partial charge in [-0.15, -0.1) is 10.2 Å². The van der Waals surface area contributed by atoms with E-state index in [9.17, 15) is 9.59 Å². The summed E-state index contributed by atoms with van der Waals surface area (Å²) in [6.07, 6.45) is 4.87. The van der Waals surface area contributed by atoms with Crippen molar-refractivity contribution in [2.75, 3.05) is 19.7 Å². The Morgan fingerprint density at radius 3 is 2.09 bits per heavy atom. The molecular weight excluding hydrogens is 434 g/mol. The zero-order valence-electron chi connectivity index (χ0n) is 18.4. The Morgan fingerprint density at radius 2 is 1.44 bits per heavy atom. The number of piperidine rings is 1. The highest BCUT2D eigenvalue weighted by Crippen LogP contribution is 2.19. The predicted octanol–water partition coefficient (Wildman–Crippen LogP) is 2.56. The molecule has 0 radical (unpaired) electrons. The Labute approximate surface area is 195 Å². The van der Waals surface area contributed by atoms with Crippen molar-refractivity contribution in [1.29, 1.82) is 0 Å². The summed E-state index contributed by atoms with van der Waals surface area (Å²) in [6, 6.07) is 18.9. The highest BCUT2D eigenvalue weighted by molar-refractivity contribution is 5.92. The lowest BCUT2D eigenvalue weighted by molar-refractivity contribution is 0.0335. The minimum absolute atomic E-state index is 0.0370. The lowest BCUT2D eigenvalue weighted by Crippen LogP contribution is -2.41. The van der Waals surface area contributed by atoms with Gasteiger partial charge in [-0.1, -0.05) is 46.8 Å². The SMILES string of the molecule is O=C(OC[C@H]1CCCN(C(=O)c2cn(-c3ccccc3)nn2)C1)c1cn(-c2ccccc2)nn1. The quantitative estimate of drug-likeness (QED) is 0.410. The highest BCUT2D eigenvalue weighted by atomic mass is 16.5. The minimum atomic E-state index is -0.531. The van der Waals surface area contributed by atoms with Crippen LogP contribution in [0.1, 0.15) is 33.8 Å². The summed E-state index contributed by atoms with van der Waals surface area (Å²) >= 11 is 0. The van der Waals surface area contributed by atoms with Gasteiger partial charge in [0.2, 0.25) is 0 Å². The van der Waals surface area contributed by atoms with Gasteiger partial charge in [-0.3, -0.25) is 4.79 Å². The molecule has 0 bridgehead atoms. The zero-order chi connectivity index (χ0) is 23.3. The van der Waals surface area contributed by atoms with Gasteiger partial charge >= 0.3 is 5.97 Å². The number of hydrogen-bond donors (Lipinski definition) is 0. The van der Waals surface area contributed by atoms with Gasteiger partial charge in [0.15, 0.2) is 11.4 Å². The fraction of sp³-hybridized carbons (Fsp3) is 0.250. The Kier molecular flexibility index (Phi) is 6.11. The number of aromatic nitrogens is 6. The van der Waals surface area contributed by atoms with Crippen LogP contribution in [0.2, 0.25) is 0 Å². The molecule has 0 spiro atoms. The third-order valence-electron chi connectivity index (χ3n) is 5.71. The molecular formula is C24H23N7O3. The van der Waals surface area contributed by atoms with Crippen LogP contribution in [0.15, 0.2) is 73.1 Å². The Balaban J connectivity index is 1.17. The molecule has 1 amide bonds. The van der Waals surface area contributed by atoms with Crippen LogP contribution in [0.3, 0.4) is 0 Å². The van der Waals surface area contributed by atoms with Crippen molar-refractivity contribution >= 4 is 11.9 Å². The number of carbonyl (C=O) groups is 2. The molecule has 0 N–H and O–H groups in total. The van der Waals surface area contributed by atoms with Crippen LogP contribution in [0.25, 0.3) is 11.4 Å². The van der Waals surface area contributed by atoms with Crippen molar-refractivity contribution < 1.29 is 14.3 Å². The molecule has 3 heterocycles. The number of para-hydroxylation sites is 2. The maximum atomic E-state index is 13.0. The van der Waals surface area contributed by atoms with Gasteiger partial charge in [0.05, 0.1) is 30.4 Å². The van der Waals surface area contributed by atoms with Gasteiger partial charge in [0, 0.05) is 19.0 Å². The highest BCUT2D eigenvalue weighted by Gasteiger charge is 2.27. The number of rotatable bonds is 6. The molecule has 1 aliphatic rings. The monoisotopic (exact) mass is 457 g/mol. The first-order valence-electron chi connectivity index (χ1n) is 11.1. The fourth-order valence-electron chi connectivity index (χ4n) is 3.95. The van der Waals surface area contributed by atoms with Crippen LogP contribution in [-0.2, 0) is 4.74 Å².